The van der Waals surface area contributed by atoms with Crippen LogP contribution >= 0.6 is 0 Å². The van der Waals surface area contributed by atoms with E-state index in [1.165, 1.54) is 12.1 Å². The average molecular weight is 301 g/mol. The fourth-order valence-electron chi connectivity index (χ4n) is 2.51. The summed E-state index contributed by atoms with van der Waals surface area (Å²) in [6.07, 6.45) is -0.652. The Bertz CT molecular complexity index is 744. The Morgan fingerprint density at radius 2 is 1.68 bits per heavy atom. The maximum absolute atomic E-state index is 12.9. The van der Waals surface area contributed by atoms with Crippen LogP contribution in [0.25, 0.3) is 0 Å². The minimum absolute atomic E-state index is 0.532. The van der Waals surface area contributed by atoms with Crippen molar-refractivity contribution in [1.29, 1.82) is 0 Å². The van der Waals surface area contributed by atoms with Crippen molar-refractivity contribution in [1.82, 2.24) is 0 Å². The molecule has 1 aliphatic heterocycles. The number of benzene rings is 2. The second kappa shape index (κ2) is 5.13. The Hall–Kier alpha value is -2.36. The van der Waals surface area contributed by atoms with Gasteiger partial charge in [-0.2, -0.15) is 13.2 Å². The van der Waals surface area contributed by atoms with Gasteiger partial charge >= 0.3 is 6.18 Å². The van der Waals surface area contributed by atoms with E-state index in [-0.39, 0.29) is 0 Å². The van der Waals surface area contributed by atoms with Crippen molar-refractivity contribution in [2.24, 2.45) is 4.99 Å². The summed E-state index contributed by atoms with van der Waals surface area (Å²) >= 11 is 0. The summed E-state index contributed by atoms with van der Waals surface area (Å²) < 4.78 is 38.6. The van der Waals surface area contributed by atoms with Crippen LogP contribution in [-0.2, 0) is 11.7 Å². The third kappa shape index (κ3) is 2.69. The quantitative estimate of drug-likeness (QED) is 0.742. The van der Waals surface area contributed by atoms with Crippen molar-refractivity contribution >= 4 is 5.71 Å². The standard InChI is InChI=1S/C18H14F3N/c1-17(14-8-5-9-15(12-14)18(19,20)21)11-10-16(22-17)13-6-3-2-4-7-13/h2-12H,1H3. The van der Waals surface area contributed by atoms with E-state index in [4.69, 9.17) is 0 Å². The maximum Gasteiger partial charge on any atom is 0.416 e. The van der Waals surface area contributed by atoms with Crippen LogP contribution in [0.2, 0.25) is 0 Å². The van der Waals surface area contributed by atoms with E-state index in [0.717, 1.165) is 17.3 Å². The zero-order valence-electron chi connectivity index (χ0n) is 11.9. The van der Waals surface area contributed by atoms with Crippen molar-refractivity contribution < 1.29 is 13.2 Å². The molecule has 0 saturated heterocycles. The number of rotatable bonds is 2. The van der Waals surface area contributed by atoms with Crippen molar-refractivity contribution in [3.63, 3.8) is 0 Å². The van der Waals surface area contributed by atoms with Crippen LogP contribution in [0.3, 0.4) is 0 Å². The Morgan fingerprint density at radius 3 is 2.36 bits per heavy atom. The number of allylic oxidation sites excluding steroid dienone is 1. The first-order valence-corrected chi connectivity index (χ1v) is 6.91. The van der Waals surface area contributed by atoms with Crippen molar-refractivity contribution in [2.45, 2.75) is 18.6 Å². The molecule has 0 radical (unpaired) electrons. The first kappa shape index (κ1) is 14.6. The summed E-state index contributed by atoms with van der Waals surface area (Å²) in [4.78, 5) is 4.62. The first-order chi connectivity index (χ1) is 10.4. The van der Waals surface area contributed by atoms with Gasteiger partial charge in [0, 0.05) is 0 Å². The molecule has 0 N–H and O–H groups in total. The van der Waals surface area contributed by atoms with Crippen LogP contribution in [0.5, 0.6) is 0 Å². The minimum atomic E-state index is -4.35. The van der Waals surface area contributed by atoms with Gasteiger partial charge in [0.25, 0.3) is 0 Å². The molecule has 0 aliphatic carbocycles. The molecule has 1 aliphatic rings. The molecule has 1 unspecified atom stereocenters. The van der Waals surface area contributed by atoms with Gasteiger partial charge in [-0.15, -0.1) is 0 Å². The van der Waals surface area contributed by atoms with Crippen LogP contribution in [0.4, 0.5) is 13.2 Å². The molecular weight excluding hydrogens is 287 g/mol. The monoisotopic (exact) mass is 301 g/mol. The molecule has 0 saturated carbocycles. The van der Waals surface area contributed by atoms with Gasteiger partial charge in [0.05, 0.1) is 11.3 Å². The van der Waals surface area contributed by atoms with Crippen LogP contribution < -0.4 is 0 Å². The molecule has 2 aromatic rings. The maximum atomic E-state index is 12.9. The zero-order chi connectivity index (χ0) is 15.8. The van der Waals surface area contributed by atoms with Crippen molar-refractivity contribution in [3.8, 4) is 0 Å². The number of aliphatic imine (C=N–C) groups is 1. The lowest BCUT2D eigenvalue weighted by atomic mass is 9.92. The predicted molar refractivity (Wildman–Crippen MR) is 80.9 cm³/mol. The molecule has 22 heavy (non-hydrogen) atoms. The SMILES string of the molecule is CC1(c2cccc(C(F)(F)F)c2)C=CC(c2ccccc2)=N1. The van der Waals surface area contributed by atoms with E-state index in [9.17, 15) is 13.2 Å². The summed E-state index contributed by atoms with van der Waals surface area (Å²) in [7, 11) is 0. The molecule has 4 heteroatoms. The van der Waals surface area contributed by atoms with E-state index in [0.29, 0.717) is 5.56 Å². The molecule has 1 heterocycles. The third-order valence-corrected chi connectivity index (χ3v) is 3.76. The molecule has 1 atom stereocenters. The number of hydrogen-bond donors (Lipinski definition) is 0. The summed E-state index contributed by atoms with van der Waals surface area (Å²) in [5.41, 5.74) is 0.842. The highest BCUT2D eigenvalue weighted by Gasteiger charge is 2.33. The van der Waals surface area contributed by atoms with Gasteiger partial charge in [-0.25, -0.2) is 0 Å². The molecule has 0 bridgehead atoms. The summed E-state index contributed by atoms with van der Waals surface area (Å²) in [5, 5.41) is 0. The minimum Gasteiger partial charge on any atom is -0.269 e. The summed E-state index contributed by atoms with van der Waals surface area (Å²) in [6.45, 7) is 1.81. The summed E-state index contributed by atoms with van der Waals surface area (Å²) in [5.74, 6) is 0. The highest BCUT2D eigenvalue weighted by atomic mass is 19.4. The fraction of sp³-hybridized carbons (Fsp3) is 0.167. The highest BCUT2D eigenvalue weighted by molar-refractivity contribution is 6.10. The Kier molecular flexibility index (Phi) is 3.39. The second-order valence-corrected chi connectivity index (χ2v) is 5.42. The first-order valence-electron chi connectivity index (χ1n) is 6.91. The smallest absolute Gasteiger partial charge is 0.269 e. The summed E-state index contributed by atoms with van der Waals surface area (Å²) in [6, 6.07) is 14.9. The van der Waals surface area contributed by atoms with Gasteiger partial charge in [0.1, 0.15) is 5.54 Å². The third-order valence-electron chi connectivity index (χ3n) is 3.76. The van der Waals surface area contributed by atoms with E-state index in [1.54, 1.807) is 6.07 Å². The van der Waals surface area contributed by atoms with Crippen LogP contribution in [0.15, 0.2) is 71.7 Å². The topological polar surface area (TPSA) is 12.4 Å². The van der Waals surface area contributed by atoms with Crippen LogP contribution in [0.1, 0.15) is 23.6 Å². The molecule has 0 amide bonds. The molecule has 0 spiro atoms. The zero-order valence-corrected chi connectivity index (χ0v) is 11.9. The molecular formula is C18H14F3N. The Labute approximate surface area is 126 Å². The number of nitrogens with zero attached hydrogens (tertiary/aromatic N) is 1. The van der Waals surface area contributed by atoms with Gasteiger partial charge in [0.15, 0.2) is 0 Å². The van der Waals surface area contributed by atoms with E-state index in [1.807, 2.05) is 49.4 Å². The lowest BCUT2D eigenvalue weighted by Crippen LogP contribution is -2.16. The van der Waals surface area contributed by atoms with Crippen molar-refractivity contribution in [3.05, 3.63) is 83.4 Å². The molecule has 2 aromatic carbocycles. The average Bonchev–Trinajstić information content (AvgIpc) is 2.91. The molecule has 3 rings (SSSR count). The molecule has 1 nitrogen and oxygen atoms in total. The Morgan fingerprint density at radius 1 is 0.955 bits per heavy atom. The normalized spacial score (nSPS) is 21.0. The fourth-order valence-corrected chi connectivity index (χ4v) is 2.51. The number of alkyl halides is 3. The lowest BCUT2D eigenvalue weighted by Gasteiger charge is -2.20. The molecule has 112 valence electrons. The largest absolute Gasteiger partial charge is 0.416 e. The van der Waals surface area contributed by atoms with Crippen molar-refractivity contribution in [2.75, 3.05) is 0 Å². The number of halogens is 3. The van der Waals surface area contributed by atoms with E-state index >= 15 is 0 Å². The van der Waals surface area contributed by atoms with Crippen LogP contribution in [0, 0.1) is 0 Å². The van der Waals surface area contributed by atoms with E-state index in [2.05, 4.69) is 4.99 Å². The van der Waals surface area contributed by atoms with Gasteiger partial charge in [-0.3, -0.25) is 4.99 Å². The molecule has 0 aromatic heterocycles. The van der Waals surface area contributed by atoms with Crippen LogP contribution in [-0.4, -0.2) is 5.71 Å². The van der Waals surface area contributed by atoms with E-state index < -0.39 is 17.3 Å². The lowest BCUT2D eigenvalue weighted by molar-refractivity contribution is -0.137. The Balaban J connectivity index is 1.99. The second-order valence-electron chi connectivity index (χ2n) is 5.42. The van der Waals surface area contributed by atoms with Gasteiger partial charge in [-0.1, -0.05) is 48.5 Å². The van der Waals surface area contributed by atoms with Gasteiger partial charge in [-0.05, 0) is 36.3 Å². The number of hydrogen-bond acceptors (Lipinski definition) is 1. The highest BCUT2D eigenvalue weighted by Crippen LogP contribution is 2.36. The van der Waals surface area contributed by atoms with Gasteiger partial charge in [0.2, 0.25) is 0 Å². The van der Waals surface area contributed by atoms with Gasteiger partial charge < -0.3 is 0 Å². The molecule has 0 fully saturated rings. The predicted octanol–water partition coefficient (Wildman–Crippen LogP) is 4.98.